The van der Waals surface area contributed by atoms with Crippen molar-refractivity contribution in [3.05, 3.63) is 59.7 Å². The molecule has 2 rings (SSSR count). The van der Waals surface area contributed by atoms with Crippen LogP contribution >= 0.6 is 10.7 Å². The standard InChI is InChI=1S/C13H8ClF2NO3S/c14-21(19,20)10-5-6-12(11(16)7-10)17-13(18)8-1-3-9(15)4-2-8/h1-7H,(H,17,18). The molecule has 1 N–H and O–H groups in total. The van der Waals surface area contributed by atoms with Gasteiger partial charge in [0.25, 0.3) is 15.0 Å². The van der Waals surface area contributed by atoms with E-state index in [-0.39, 0.29) is 11.3 Å². The van der Waals surface area contributed by atoms with E-state index in [1.165, 1.54) is 12.1 Å². The van der Waals surface area contributed by atoms with Crippen LogP contribution in [0.5, 0.6) is 0 Å². The third kappa shape index (κ3) is 3.77. The number of benzene rings is 2. The molecule has 0 atom stereocenters. The molecule has 0 radical (unpaired) electrons. The lowest BCUT2D eigenvalue weighted by Crippen LogP contribution is -2.13. The molecule has 0 saturated carbocycles. The summed E-state index contributed by atoms with van der Waals surface area (Å²) in [5, 5.41) is 2.25. The van der Waals surface area contributed by atoms with Crippen molar-refractivity contribution < 1.29 is 22.0 Å². The highest BCUT2D eigenvalue weighted by atomic mass is 35.7. The molecule has 0 aliphatic carbocycles. The van der Waals surface area contributed by atoms with E-state index in [9.17, 15) is 22.0 Å². The van der Waals surface area contributed by atoms with Gasteiger partial charge in [-0.05, 0) is 42.5 Å². The van der Waals surface area contributed by atoms with Crippen molar-refractivity contribution >= 4 is 31.3 Å². The second-order valence-electron chi connectivity index (χ2n) is 4.04. The molecule has 0 aromatic heterocycles. The molecule has 8 heteroatoms. The van der Waals surface area contributed by atoms with Gasteiger partial charge in [-0.1, -0.05) is 0 Å². The van der Waals surface area contributed by atoms with Gasteiger partial charge in [0, 0.05) is 16.2 Å². The number of hydrogen-bond donors (Lipinski definition) is 1. The summed E-state index contributed by atoms with van der Waals surface area (Å²) in [7, 11) is 1.03. The van der Waals surface area contributed by atoms with Crippen LogP contribution < -0.4 is 5.32 Å². The van der Waals surface area contributed by atoms with Gasteiger partial charge in [-0.15, -0.1) is 0 Å². The second kappa shape index (κ2) is 5.79. The number of halogens is 3. The van der Waals surface area contributed by atoms with E-state index in [1.54, 1.807) is 0 Å². The third-order valence-corrected chi connectivity index (χ3v) is 3.93. The molecule has 0 aliphatic rings. The van der Waals surface area contributed by atoms with Crippen molar-refractivity contribution in [2.75, 3.05) is 5.32 Å². The Morgan fingerprint density at radius 2 is 1.67 bits per heavy atom. The Hall–Kier alpha value is -1.99. The zero-order valence-corrected chi connectivity index (χ0v) is 11.9. The lowest BCUT2D eigenvalue weighted by molar-refractivity contribution is 0.102. The Morgan fingerprint density at radius 3 is 2.19 bits per heavy atom. The van der Waals surface area contributed by atoms with E-state index in [2.05, 4.69) is 5.32 Å². The monoisotopic (exact) mass is 331 g/mol. The molecule has 1 amide bonds. The van der Waals surface area contributed by atoms with Crippen LogP contribution in [0.2, 0.25) is 0 Å². The van der Waals surface area contributed by atoms with Gasteiger partial charge in [0.1, 0.15) is 11.6 Å². The Morgan fingerprint density at radius 1 is 1.05 bits per heavy atom. The average Bonchev–Trinajstić information content (AvgIpc) is 2.40. The first kappa shape index (κ1) is 15.4. The van der Waals surface area contributed by atoms with Crippen LogP contribution in [0, 0.1) is 11.6 Å². The van der Waals surface area contributed by atoms with Crippen LogP contribution in [0.4, 0.5) is 14.5 Å². The van der Waals surface area contributed by atoms with Crippen molar-refractivity contribution in [1.82, 2.24) is 0 Å². The highest BCUT2D eigenvalue weighted by molar-refractivity contribution is 8.13. The number of hydrogen-bond acceptors (Lipinski definition) is 3. The second-order valence-corrected chi connectivity index (χ2v) is 6.61. The fraction of sp³-hybridized carbons (Fsp3) is 0. The fourth-order valence-corrected chi connectivity index (χ4v) is 2.31. The highest BCUT2D eigenvalue weighted by Gasteiger charge is 2.15. The zero-order chi connectivity index (χ0) is 15.6. The van der Waals surface area contributed by atoms with Crippen molar-refractivity contribution in [3.8, 4) is 0 Å². The minimum atomic E-state index is -4.05. The molecule has 0 fully saturated rings. The molecule has 4 nitrogen and oxygen atoms in total. The van der Waals surface area contributed by atoms with Crippen LogP contribution in [-0.2, 0) is 9.05 Å². The summed E-state index contributed by atoms with van der Waals surface area (Å²) < 4.78 is 48.6. The van der Waals surface area contributed by atoms with Gasteiger partial charge in [0.05, 0.1) is 10.6 Å². The number of nitrogens with one attached hydrogen (secondary N) is 1. The maximum Gasteiger partial charge on any atom is 0.261 e. The van der Waals surface area contributed by atoms with Crippen molar-refractivity contribution in [2.24, 2.45) is 0 Å². The number of carbonyl (C=O) groups excluding carboxylic acids is 1. The SMILES string of the molecule is O=C(Nc1ccc(S(=O)(=O)Cl)cc1F)c1ccc(F)cc1. The summed E-state index contributed by atoms with van der Waals surface area (Å²) in [5.74, 6) is -2.11. The first-order valence-corrected chi connectivity index (χ1v) is 7.89. The summed E-state index contributed by atoms with van der Waals surface area (Å²) in [4.78, 5) is 11.4. The molecule has 2 aromatic rings. The molecule has 0 aliphatic heterocycles. The fourth-order valence-electron chi connectivity index (χ4n) is 1.54. The van der Waals surface area contributed by atoms with Gasteiger partial charge < -0.3 is 5.32 Å². The molecular weight excluding hydrogens is 324 g/mol. The first-order chi connectivity index (χ1) is 9.77. The lowest BCUT2D eigenvalue weighted by atomic mass is 10.2. The molecular formula is C13H8ClF2NO3S. The van der Waals surface area contributed by atoms with E-state index in [4.69, 9.17) is 10.7 Å². The maximum absolute atomic E-state index is 13.7. The van der Waals surface area contributed by atoms with Crippen molar-refractivity contribution in [3.63, 3.8) is 0 Å². The third-order valence-electron chi connectivity index (χ3n) is 2.58. The molecule has 0 heterocycles. The Labute approximate surface area is 123 Å². The van der Waals surface area contributed by atoms with E-state index in [1.807, 2.05) is 0 Å². The molecule has 110 valence electrons. The Kier molecular flexibility index (Phi) is 4.24. The topological polar surface area (TPSA) is 63.2 Å². The number of anilines is 1. The quantitative estimate of drug-likeness (QED) is 0.879. The van der Waals surface area contributed by atoms with Crippen LogP contribution in [-0.4, -0.2) is 14.3 Å². The first-order valence-electron chi connectivity index (χ1n) is 5.58. The summed E-state index contributed by atoms with van der Waals surface area (Å²) in [6.45, 7) is 0. The predicted molar refractivity (Wildman–Crippen MR) is 73.8 cm³/mol. The average molecular weight is 332 g/mol. The molecule has 21 heavy (non-hydrogen) atoms. The van der Waals surface area contributed by atoms with E-state index in [0.717, 1.165) is 24.3 Å². The molecule has 0 spiro atoms. The van der Waals surface area contributed by atoms with Crippen LogP contribution in [0.15, 0.2) is 47.4 Å². The molecule has 0 bridgehead atoms. The van der Waals surface area contributed by atoms with Gasteiger partial charge >= 0.3 is 0 Å². The smallest absolute Gasteiger partial charge is 0.261 e. The zero-order valence-electron chi connectivity index (χ0n) is 10.3. The number of rotatable bonds is 3. The van der Waals surface area contributed by atoms with E-state index < -0.39 is 31.5 Å². The summed E-state index contributed by atoms with van der Waals surface area (Å²) >= 11 is 0. The molecule has 2 aromatic carbocycles. The molecule has 0 saturated heterocycles. The summed E-state index contributed by atoms with van der Waals surface area (Å²) in [5.41, 5.74) is -0.0850. The van der Waals surface area contributed by atoms with E-state index >= 15 is 0 Å². The van der Waals surface area contributed by atoms with Gasteiger partial charge in [0.2, 0.25) is 0 Å². The van der Waals surface area contributed by atoms with Gasteiger partial charge in [-0.2, -0.15) is 0 Å². The van der Waals surface area contributed by atoms with Gasteiger partial charge in [0.15, 0.2) is 0 Å². The largest absolute Gasteiger partial charge is 0.319 e. The predicted octanol–water partition coefficient (Wildman–Crippen LogP) is 3.14. The number of amides is 1. The molecule has 0 unspecified atom stereocenters. The van der Waals surface area contributed by atoms with Crippen LogP contribution in [0.25, 0.3) is 0 Å². The normalized spacial score (nSPS) is 11.2. The van der Waals surface area contributed by atoms with Crippen molar-refractivity contribution in [1.29, 1.82) is 0 Å². The van der Waals surface area contributed by atoms with Crippen molar-refractivity contribution in [2.45, 2.75) is 4.90 Å². The minimum absolute atomic E-state index is 0.129. The summed E-state index contributed by atoms with van der Waals surface area (Å²) in [6, 6.07) is 7.49. The van der Waals surface area contributed by atoms with Gasteiger partial charge in [-0.25, -0.2) is 17.2 Å². The minimum Gasteiger partial charge on any atom is -0.319 e. The van der Waals surface area contributed by atoms with Gasteiger partial charge in [-0.3, -0.25) is 4.79 Å². The maximum atomic E-state index is 13.7. The number of carbonyl (C=O) groups is 1. The Bertz CT molecular complexity index is 792. The lowest BCUT2D eigenvalue weighted by Gasteiger charge is -2.07. The van der Waals surface area contributed by atoms with Crippen LogP contribution in [0.1, 0.15) is 10.4 Å². The highest BCUT2D eigenvalue weighted by Crippen LogP contribution is 2.22. The Balaban J connectivity index is 2.24. The summed E-state index contributed by atoms with van der Waals surface area (Å²) in [6.07, 6.45) is 0. The van der Waals surface area contributed by atoms with Crippen LogP contribution in [0.3, 0.4) is 0 Å². The van der Waals surface area contributed by atoms with E-state index in [0.29, 0.717) is 6.07 Å².